The summed E-state index contributed by atoms with van der Waals surface area (Å²) < 4.78 is 0. The summed E-state index contributed by atoms with van der Waals surface area (Å²) in [5, 5.41) is 10.5. The molecule has 0 aromatic heterocycles. The van der Waals surface area contributed by atoms with Gasteiger partial charge in [-0.15, -0.1) is 0 Å². The van der Waals surface area contributed by atoms with Crippen molar-refractivity contribution in [2.75, 3.05) is 0 Å². The van der Waals surface area contributed by atoms with Gasteiger partial charge in [0.1, 0.15) is 5.92 Å². The van der Waals surface area contributed by atoms with Crippen LogP contribution in [0.4, 0.5) is 0 Å². The van der Waals surface area contributed by atoms with E-state index in [2.05, 4.69) is 11.9 Å². The number of aliphatic carboxylic acids is 1. The lowest BCUT2D eigenvalue weighted by Gasteiger charge is -2.02. The van der Waals surface area contributed by atoms with Crippen LogP contribution in [0.2, 0.25) is 0 Å². The summed E-state index contributed by atoms with van der Waals surface area (Å²) in [6.07, 6.45) is 1.15. The molecule has 0 bridgehead atoms. The molecule has 0 radical (unpaired) electrons. The average molecular weight is 143 g/mol. The molecule has 56 valence electrons. The summed E-state index contributed by atoms with van der Waals surface area (Å²) in [4.78, 5) is 20.7. The Morgan fingerprint density at radius 3 is 2.50 bits per heavy atom. The number of hydrogen-bond donors (Lipinski definition) is 2. The van der Waals surface area contributed by atoms with Crippen LogP contribution >= 0.6 is 0 Å². The lowest BCUT2D eigenvalue weighted by molar-refractivity contribution is -0.145. The Morgan fingerprint density at radius 2 is 2.20 bits per heavy atom. The molecular weight excluding hydrogens is 134 g/mol. The molecule has 0 aliphatic rings. The Bertz CT molecular complexity index is 164. The fourth-order valence-corrected chi connectivity index (χ4v) is 0.338. The second-order valence-corrected chi connectivity index (χ2v) is 1.77. The summed E-state index contributed by atoms with van der Waals surface area (Å²) >= 11 is 0. The Kier molecular flexibility index (Phi) is 3.17. The molecule has 0 saturated carbocycles. The maximum Gasteiger partial charge on any atom is 0.315 e. The molecule has 0 aliphatic carbocycles. The zero-order valence-electron chi connectivity index (χ0n) is 5.63. The highest BCUT2D eigenvalue weighted by Crippen LogP contribution is 1.92. The van der Waals surface area contributed by atoms with E-state index in [1.165, 1.54) is 6.92 Å². The van der Waals surface area contributed by atoms with E-state index < -0.39 is 17.8 Å². The van der Waals surface area contributed by atoms with E-state index in [1.54, 1.807) is 0 Å². The SMILES string of the molecule is C=CNC(=O)C(C)C(=O)O. The number of carbonyl (C=O) groups excluding carboxylic acids is 1. The van der Waals surface area contributed by atoms with Crippen molar-refractivity contribution in [3.8, 4) is 0 Å². The molecule has 2 N–H and O–H groups in total. The first-order valence-corrected chi connectivity index (χ1v) is 2.73. The van der Waals surface area contributed by atoms with Crippen LogP contribution in [0.15, 0.2) is 12.8 Å². The molecule has 10 heavy (non-hydrogen) atoms. The Morgan fingerprint density at radius 1 is 1.70 bits per heavy atom. The van der Waals surface area contributed by atoms with Crippen molar-refractivity contribution in [1.29, 1.82) is 0 Å². The fourth-order valence-electron chi connectivity index (χ4n) is 0.338. The second kappa shape index (κ2) is 3.66. The third kappa shape index (κ3) is 2.30. The largest absolute Gasteiger partial charge is 0.481 e. The third-order valence-corrected chi connectivity index (χ3v) is 1.01. The van der Waals surface area contributed by atoms with Crippen molar-refractivity contribution in [2.24, 2.45) is 5.92 Å². The highest BCUT2D eigenvalue weighted by atomic mass is 16.4. The van der Waals surface area contributed by atoms with Crippen LogP contribution in [0.3, 0.4) is 0 Å². The normalized spacial score (nSPS) is 11.7. The molecule has 0 aliphatic heterocycles. The first-order chi connectivity index (χ1) is 4.59. The smallest absolute Gasteiger partial charge is 0.315 e. The molecule has 0 fully saturated rings. The maximum absolute atomic E-state index is 10.6. The van der Waals surface area contributed by atoms with Crippen molar-refractivity contribution in [1.82, 2.24) is 5.32 Å². The quantitative estimate of drug-likeness (QED) is 0.545. The summed E-state index contributed by atoms with van der Waals surface area (Å²) in [5.41, 5.74) is 0. The molecule has 0 aromatic rings. The number of rotatable bonds is 3. The molecule has 0 aromatic carbocycles. The Balaban J connectivity index is 3.94. The van der Waals surface area contributed by atoms with E-state index in [1.807, 2.05) is 0 Å². The summed E-state index contributed by atoms with van der Waals surface area (Å²) in [6, 6.07) is 0. The van der Waals surface area contributed by atoms with Gasteiger partial charge >= 0.3 is 5.97 Å². The monoisotopic (exact) mass is 143 g/mol. The minimum absolute atomic E-state index is 0.553. The second-order valence-electron chi connectivity index (χ2n) is 1.77. The topological polar surface area (TPSA) is 66.4 Å². The Labute approximate surface area is 58.5 Å². The highest BCUT2D eigenvalue weighted by Gasteiger charge is 2.18. The van der Waals surface area contributed by atoms with E-state index >= 15 is 0 Å². The van der Waals surface area contributed by atoms with Crippen molar-refractivity contribution in [3.63, 3.8) is 0 Å². The molecule has 0 spiro atoms. The van der Waals surface area contributed by atoms with E-state index in [9.17, 15) is 9.59 Å². The molecule has 0 heterocycles. The maximum atomic E-state index is 10.6. The molecule has 4 heteroatoms. The predicted octanol–water partition coefficient (Wildman–Crippen LogP) is -0.0332. The van der Waals surface area contributed by atoms with E-state index in [0.29, 0.717) is 0 Å². The van der Waals surface area contributed by atoms with Gasteiger partial charge in [-0.25, -0.2) is 0 Å². The molecule has 1 amide bonds. The van der Waals surface area contributed by atoms with Gasteiger partial charge in [-0.1, -0.05) is 6.58 Å². The van der Waals surface area contributed by atoms with Crippen molar-refractivity contribution >= 4 is 11.9 Å². The van der Waals surface area contributed by atoms with Gasteiger partial charge in [-0.05, 0) is 13.1 Å². The van der Waals surface area contributed by atoms with Gasteiger partial charge in [0, 0.05) is 0 Å². The standard InChI is InChI=1S/C6H9NO3/c1-3-7-5(8)4(2)6(9)10/h3-4H,1H2,2H3,(H,7,8)(H,9,10). The van der Waals surface area contributed by atoms with Gasteiger partial charge in [-0.2, -0.15) is 0 Å². The first kappa shape index (κ1) is 8.68. The molecule has 1 atom stereocenters. The van der Waals surface area contributed by atoms with E-state index in [-0.39, 0.29) is 0 Å². The number of carboxylic acid groups (broad SMARTS) is 1. The lowest BCUT2D eigenvalue weighted by Crippen LogP contribution is -2.29. The van der Waals surface area contributed by atoms with E-state index in [0.717, 1.165) is 6.20 Å². The van der Waals surface area contributed by atoms with Crippen molar-refractivity contribution < 1.29 is 14.7 Å². The van der Waals surface area contributed by atoms with Crippen LogP contribution in [-0.4, -0.2) is 17.0 Å². The summed E-state index contributed by atoms with van der Waals surface area (Å²) in [5.74, 6) is -2.71. The van der Waals surface area contributed by atoms with Gasteiger partial charge in [0.05, 0.1) is 0 Å². The molecule has 4 nitrogen and oxygen atoms in total. The molecule has 1 unspecified atom stereocenters. The summed E-state index contributed by atoms with van der Waals surface area (Å²) in [7, 11) is 0. The number of hydrogen-bond acceptors (Lipinski definition) is 2. The van der Waals surface area contributed by atoms with Crippen molar-refractivity contribution in [3.05, 3.63) is 12.8 Å². The number of amides is 1. The van der Waals surface area contributed by atoms with Gasteiger partial charge in [0.25, 0.3) is 0 Å². The van der Waals surface area contributed by atoms with Crippen LogP contribution in [0, 0.1) is 5.92 Å². The van der Waals surface area contributed by atoms with Crippen LogP contribution in [0.25, 0.3) is 0 Å². The van der Waals surface area contributed by atoms with Gasteiger partial charge < -0.3 is 10.4 Å². The van der Waals surface area contributed by atoms with Gasteiger partial charge in [0.15, 0.2) is 0 Å². The minimum atomic E-state index is -1.14. The van der Waals surface area contributed by atoms with Crippen molar-refractivity contribution in [2.45, 2.75) is 6.92 Å². The van der Waals surface area contributed by atoms with Crippen LogP contribution < -0.4 is 5.32 Å². The Hall–Kier alpha value is -1.32. The minimum Gasteiger partial charge on any atom is -0.481 e. The molecule has 0 rings (SSSR count). The third-order valence-electron chi connectivity index (χ3n) is 1.01. The van der Waals surface area contributed by atoms with Crippen LogP contribution in [0.1, 0.15) is 6.92 Å². The van der Waals surface area contributed by atoms with Crippen LogP contribution in [-0.2, 0) is 9.59 Å². The molecular formula is C6H9NO3. The first-order valence-electron chi connectivity index (χ1n) is 2.73. The predicted molar refractivity (Wildman–Crippen MR) is 35.1 cm³/mol. The van der Waals surface area contributed by atoms with Crippen LogP contribution in [0.5, 0.6) is 0 Å². The highest BCUT2D eigenvalue weighted by molar-refractivity contribution is 5.96. The van der Waals surface area contributed by atoms with Gasteiger partial charge in [0.2, 0.25) is 5.91 Å². The lowest BCUT2D eigenvalue weighted by atomic mass is 10.2. The number of nitrogens with one attached hydrogen (secondary N) is 1. The average Bonchev–Trinajstić information content (AvgIpc) is 1.87. The number of carbonyl (C=O) groups is 2. The molecule has 0 saturated heterocycles. The fraction of sp³-hybridized carbons (Fsp3) is 0.333. The summed E-state index contributed by atoms with van der Waals surface area (Å²) in [6.45, 7) is 4.52. The number of carboxylic acids is 1. The van der Waals surface area contributed by atoms with Gasteiger partial charge in [-0.3, -0.25) is 9.59 Å². The zero-order chi connectivity index (χ0) is 8.15. The zero-order valence-corrected chi connectivity index (χ0v) is 5.63. The van der Waals surface area contributed by atoms with E-state index in [4.69, 9.17) is 5.11 Å².